The van der Waals surface area contributed by atoms with E-state index >= 15 is 4.39 Å². The third-order valence-corrected chi connectivity index (χ3v) is 7.01. The molecular formula is C24H19F2N5O5S. The Morgan fingerprint density at radius 2 is 1.97 bits per heavy atom. The molecule has 0 bridgehead atoms. The highest BCUT2D eigenvalue weighted by Crippen LogP contribution is 2.32. The predicted octanol–water partition coefficient (Wildman–Crippen LogP) is 2.78. The number of carbonyl (C=O) groups excluding carboxylic acids is 1. The third kappa shape index (κ3) is 4.31. The Morgan fingerprint density at radius 3 is 2.57 bits per heavy atom. The lowest BCUT2D eigenvalue weighted by atomic mass is 9.92. The highest BCUT2D eigenvalue weighted by molar-refractivity contribution is 7.12. The SMILES string of the molecule is COc1ccc(CC(=O)C2CN(c3nc4c(c(C)c3F)c(=O)c(C(=O)O)cn4-c3ncc(F)s3)C2)nc1. The first-order chi connectivity index (χ1) is 17.7. The van der Waals surface area contributed by atoms with Gasteiger partial charge >= 0.3 is 5.97 Å². The molecule has 0 radical (unpaired) electrons. The Labute approximate surface area is 211 Å². The summed E-state index contributed by atoms with van der Waals surface area (Å²) in [6.45, 7) is 1.75. The fourth-order valence-electron chi connectivity index (χ4n) is 4.16. The van der Waals surface area contributed by atoms with Crippen LogP contribution in [0.3, 0.4) is 0 Å². The number of Topliss-reactive ketones (excluding diaryl/α,β-unsaturated/α-hetero) is 1. The summed E-state index contributed by atoms with van der Waals surface area (Å²) in [5.74, 6) is -2.26. The second-order valence-corrected chi connectivity index (χ2v) is 9.46. The van der Waals surface area contributed by atoms with E-state index in [0.717, 1.165) is 12.4 Å². The number of carboxylic acid groups (broad SMARTS) is 1. The first-order valence-electron chi connectivity index (χ1n) is 11.0. The maximum absolute atomic E-state index is 15.4. The average Bonchev–Trinajstić information content (AvgIpc) is 3.27. The van der Waals surface area contributed by atoms with Gasteiger partial charge in [-0.2, -0.15) is 4.39 Å². The summed E-state index contributed by atoms with van der Waals surface area (Å²) in [7, 11) is 1.52. The van der Waals surface area contributed by atoms with Crippen molar-refractivity contribution in [1.29, 1.82) is 0 Å². The zero-order valence-corrected chi connectivity index (χ0v) is 20.4. The van der Waals surface area contributed by atoms with Crippen molar-refractivity contribution in [1.82, 2.24) is 19.5 Å². The van der Waals surface area contributed by atoms with E-state index in [4.69, 9.17) is 4.74 Å². The number of anilines is 1. The molecule has 0 aromatic carbocycles. The minimum atomic E-state index is -1.52. The number of nitrogens with zero attached hydrogens (tertiary/aromatic N) is 5. The van der Waals surface area contributed by atoms with Gasteiger partial charge in [0, 0.05) is 37.0 Å². The lowest BCUT2D eigenvalue weighted by molar-refractivity contribution is -0.123. The van der Waals surface area contributed by atoms with E-state index in [2.05, 4.69) is 15.0 Å². The summed E-state index contributed by atoms with van der Waals surface area (Å²) >= 11 is 0.618. The van der Waals surface area contributed by atoms with Crippen molar-refractivity contribution in [2.45, 2.75) is 13.3 Å². The normalized spacial score (nSPS) is 13.6. The molecule has 0 atom stereocenters. The topological polar surface area (TPSA) is 128 Å². The van der Waals surface area contributed by atoms with Crippen molar-refractivity contribution in [2.24, 2.45) is 5.92 Å². The number of aromatic nitrogens is 4. The lowest BCUT2D eigenvalue weighted by Gasteiger charge is -2.39. The summed E-state index contributed by atoms with van der Waals surface area (Å²) in [6.07, 6.45) is 3.59. The number of pyridine rings is 3. The minimum absolute atomic E-state index is 0.0260. The Bertz CT molecular complexity index is 1610. The number of rotatable bonds is 7. The van der Waals surface area contributed by atoms with Crippen LogP contribution in [0.1, 0.15) is 21.6 Å². The first kappa shape index (κ1) is 24.4. The lowest BCUT2D eigenvalue weighted by Crippen LogP contribution is -2.51. The van der Waals surface area contributed by atoms with Crippen molar-refractivity contribution in [2.75, 3.05) is 25.1 Å². The number of aromatic carboxylic acids is 1. The van der Waals surface area contributed by atoms with Crippen LogP contribution in [0, 0.1) is 23.8 Å². The van der Waals surface area contributed by atoms with E-state index in [1.807, 2.05) is 0 Å². The number of carboxylic acids is 1. The largest absolute Gasteiger partial charge is 0.495 e. The molecule has 190 valence electrons. The first-order valence-corrected chi connectivity index (χ1v) is 11.9. The van der Waals surface area contributed by atoms with E-state index < -0.39 is 27.9 Å². The summed E-state index contributed by atoms with van der Waals surface area (Å²) in [5, 5.41) is 8.65. The second kappa shape index (κ2) is 9.32. The molecule has 0 unspecified atom stereocenters. The summed E-state index contributed by atoms with van der Waals surface area (Å²) < 4.78 is 35.4. The number of fused-ring (bicyclic) bond motifs is 1. The van der Waals surface area contributed by atoms with E-state index in [0.29, 0.717) is 22.8 Å². The molecule has 1 saturated heterocycles. The Hall–Kier alpha value is -4.26. The van der Waals surface area contributed by atoms with E-state index in [9.17, 15) is 23.9 Å². The molecule has 0 saturated carbocycles. The smallest absolute Gasteiger partial charge is 0.341 e. The molecule has 1 fully saturated rings. The molecule has 4 aromatic rings. The van der Waals surface area contributed by atoms with Gasteiger partial charge in [-0.05, 0) is 19.1 Å². The summed E-state index contributed by atoms with van der Waals surface area (Å²) in [6, 6.07) is 3.41. The monoisotopic (exact) mass is 527 g/mol. The molecule has 5 heterocycles. The van der Waals surface area contributed by atoms with E-state index in [1.165, 1.54) is 24.8 Å². The molecule has 37 heavy (non-hydrogen) atoms. The maximum Gasteiger partial charge on any atom is 0.341 e. The van der Waals surface area contributed by atoms with Crippen LogP contribution >= 0.6 is 11.3 Å². The van der Waals surface area contributed by atoms with Gasteiger partial charge in [-0.1, -0.05) is 11.3 Å². The van der Waals surface area contributed by atoms with Crippen LogP contribution < -0.4 is 15.1 Å². The number of hydrogen-bond donors (Lipinski definition) is 1. The minimum Gasteiger partial charge on any atom is -0.495 e. The molecule has 13 heteroatoms. The van der Waals surface area contributed by atoms with E-state index in [1.54, 1.807) is 17.0 Å². The van der Waals surface area contributed by atoms with Gasteiger partial charge in [0.1, 0.15) is 17.1 Å². The number of carbonyl (C=O) groups is 2. The van der Waals surface area contributed by atoms with Crippen molar-refractivity contribution < 1.29 is 28.2 Å². The molecule has 1 aliphatic heterocycles. The number of thiazole rings is 1. The predicted molar refractivity (Wildman–Crippen MR) is 130 cm³/mol. The van der Waals surface area contributed by atoms with Crippen LogP contribution in [0.15, 0.2) is 35.5 Å². The quantitative estimate of drug-likeness (QED) is 0.386. The van der Waals surface area contributed by atoms with Crippen molar-refractivity contribution in [3.05, 3.63) is 68.7 Å². The molecule has 0 amide bonds. The average molecular weight is 528 g/mol. The third-order valence-electron chi connectivity index (χ3n) is 6.22. The molecule has 0 aliphatic carbocycles. The second-order valence-electron chi connectivity index (χ2n) is 8.50. The highest BCUT2D eigenvalue weighted by atomic mass is 32.1. The Kier molecular flexibility index (Phi) is 6.15. The van der Waals surface area contributed by atoms with Gasteiger partial charge in [-0.3, -0.25) is 19.1 Å². The number of halogens is 2. The molecule has 10 nitrogen and oxygen atoms in total. The molecule has 1 N–H and O–H groups in total. The van der Waals surface area contributed by atoms with Crippen LogP contribution in [0.25, 0.3) is 16.2 Å². The van der Waals surface area contributed by atoms with E-state index in [-0.39, 0.29) is 58.8 Å². The van der Waals surface area contributed by atoms with Gasteiger partial charge < -0.3 is 14.7 Å². The molecule has 5 rings (SSSR count). The number of methoxy groups -OCH3 is 1. The molecular weight excluding hydrogens is 508 g/mol. The maximum atomic E-state index is 15.4. The van der Waals surface area contributed by atoms with Crippen LogP contribution in [-0.2, 0) is 11.2 Å². The standard InChI is InChI=1S/C24H19F2N5O5S/c1-11-18-20(33)15(23(34)35)10-31(24-28-7-17(25)37-24)21(18)29-22(19(11)26)30-8-12(9-30)16(32)5-13-3-4-14(36-2)6-27-13/h3-4,6-7,10,12H,5,8-9H2,1-2H3,(H,34,35). The summed E-state index contributed by atoms with van der Waals surface area (Å²) in [4.78, 5) is 51.3. The van der Waals surface area contributed by atoms with Crippen molar-refractivity contribution in [3.8, 4) is 10.9 Å². The van der Waals surface area contributed by atoms with Gasteiger partial charge in [0.05, 0.1) is 30.8 Å². The van der Waals surface area contributed by atoms with Gasteiger partial charge in [-0.25, -0.2) is 19.2 Å². The Morgan fingerprint density at radius 1 is 1.22 bits per heavy atom. The number of aryl methyl sites for hydroxylation is 1. The fourth-order valence-corrected chi connectivity index (χ4v) is 4.78. The van der Waals surface area contributed by atoms with Crippen LogP contribution in [-0.4, -0.2) is 56.6 Å². The zero-order valence-electron chi connectivity index (χ0n) is 19.6. The van der Waals surface area contributed by atoms with Crippen LogP contribution in [0.5, 0.6) is 5.75 Å². The van der Waals surface area contributed by atoms with Gasteiger partial charge in [-0.15, -0.1) is 0 Å². The van der Waals surface area contributed by atoms with Crippen molar-refractivity contribution >= 4 is 39.9 Å². The van der Waals surface area contributed by atoms with Crippen molar-refractivity contribution in [3.63, 3.8) is 0 Å². The molecule has 4 aromatic heterocycles. The van der Waals surface area contributed by atoms with Gasteiger partial charge in [0.15, 0.2) is 27.5 Å². The summed E-state index contributed by atoms with van der Waals surface area (Å²) in [5.41, 5.74) is -1.10. The highest BCUT2D eigenvalue weighted by Gasteiger charge is 2.36. The Balaban J connectivity index is 1.48. The molecule has 1 aliphatic rings. The number of ketones is 1. The molecule has 0 spiro atoms. The van der Waals surface area contributed by atoms with Gasteiger partial charge in [0.2, 0.25) is 5.43 Å². The zero-order chi connectivity index (χ0) is 26.4. The number of ether oxygens (including phenoxy) is 1. The van der Waals surface area contributed by atoms with Crippen LogP contribution in [0.4, 0.5) is 14.6 Å². The fraction of sp³-hybridized carbons (Fsp3) is 0.250. The van der Waals surface area contributed by atoms with Gasteiger partial charge in [0.25, 0.3) is 0 Å². The number of hydrogen-bond acceptors (Lipinski definition) is 9. The van der Waals surface area contributed by atoms with Crippen LogP contribution in [0.2, 0.25) is 0 Å².